The summed E-state index contributed by atoms with van der Waals surface area (Å²) in [7, 11) is -3.96. The molecule has 194 valence electrons. The van der Waals surface area contributed by atoms with Gasteiger partial charge >= 0.3 is 0 Å². The lowest BCUT2D eigenvalue weighted by atomic mass is 9.99. The molecule has 5 rings (SSSR count). The van der Waals surface area contributed by atoms with Crippen LogP contribution in [0.15, 0.2) is 71.9 Å². The predicted octanol–water partition coefficient (Wildman–Crippen LogP) is 4.00. The summed E-state index contributed by atoms with van der Waals surface area (Å²) >= 11 is 6.34. The van der Waals surface area contributed by atoms with Gasteiger partial charge in [-0.25, -0.2) is 8.42 Å². The van der Waals surface area contributed by atoms with E-state index >= 15 is 0 Å². The van der Waals surface area contributed by atoms with Crippen molar-refractivity contribution in [2.45, 2.75) is 24.9 Å². The van der Waals surface area contributed by atoms with Gasteiger partial charge in [-0.05, 0) is 36.6 Å². The van der Waals surface area contributed by atoms with Crippen molar-refractivity contribution in [3.05, 3.63) is 83.0 Å². The Bertz CT molecular complexity index is 1410. The Morgan fingerprint density at radius 2 is 1.68 bits per heavy atom. The van der Waals surface area contributed by atoms with Crippen LogP contribution in [0.5, 0.6) is 0 Å². The number of amides is 1. The molecule has 1 fully saturated rings. The standard InChI is InChI=1S/C27H30ClN5O3S/c1-2-32-20-23(27(34)31-14-12-22(13-15-31)21-8-4-3-5-9-21)26(29-32)37(35,36)33-18-16-30(17-19-33)25-11-7-6-10-24(25)28/h3-12,20H,2,13-19H2,1H3. The lowest BCUT2D eigenvalue weighted by Gasteiger charge is -2.35. The molecule has 0 atom stereocenters. The van der Waals surface area contributed by atoms with Crippen LogP contribution in [-0.4, -0.2) is 72.6 Å². The molecule has 0 aliphatic carbocycles. The van der Waals surface area contributed by atoms with E-state index in [0.717, 1.165) is 11.3 Å². The number of carbonyl (C=O) groups is 1. The molecule has 3 heterocycles. The minimum absolute atomic E-state index is 0.131. The Morgan fingerprint density at radius 3 is 2.32 bits per heavy atom. The maximum Gasteiger partial charge on any atom is 0.263 e. The Kier molecular flexibility index (Phi) is 7.37. The number of carbonyl (C=O) groups excluding carboxylic acids is 1. The second-order valence-corrected chi connectivity index (χ2v) is 11.4. The number of piperazine rings is 1. The third-order valence-corrected chi connectivity index (χ3v) is 9.09. The fourth-order valence-electron chi connectivity index (χ4n) is 4.84. The summed E-state index contributed by atoms with van der Waals surface area (Å²) < 4.78 is 30.3. The number of para-hydroxylation sites is 1. The van der Waals surface area contributed by atoms with Gasteiger partial charge in [-0.3, -0.25) is 9.48 Å². The topological polar surface area (TPSA) is 78.8 Å². The quantitative estimate of drug-likeness (QED) is 0.473. The van der Waals surface area contributed by atoms with Crippen LogP contribution in [0.25, 0.3) is 5.57 Å². The molecule has 8 nitrogen and oxygen atoms in total. The van der Waals surface area contributed by atoms with Crippen molar-refractivity contribution in [1.82, 2.24) is 19.0 Å². The highest BCUT2D eigenvalue weighted by molar-refractivity contribution is 7.89. The molecular formula is C27H30ClN5O3S. The van der Waals surface area contributed by atoms with Crippen molar-refractivity contribution in [1.29, 1.82) is 0 Å². The number of rotatable bonds is 6. The van der Waals surface area contributed by atoms with Gasteiger partial charge in [0.2, 0.25) is 5.03 Å². The molecular weight excluding hydrogens is 510 g/mol. The van der Waals surface area contributed by atoms with Gasteiger partial charge < -0.3 is 9.80 Å². The highest BCUT2D eigenvalue weighted by Crippen LogP contribution is 2.29. The molecule has 2 aliphatic heterocycles. The van der Waals surface area contributed by atoms with Gasteiger partial charge in [0.15, 0.2) is 0 Å². The average molecular weight is 540 g/mol. The molecule has 1 aromatic heterocycles. The number of aryl methyl sites for hydroxylation is 1. The Balaban J connectivity index is 1.34. The zero-order valence-corrected chi connectivity index (χ0v) is 22.3. The van der Waals surface area contributed by atoms with Crippen molar-refractivity contribution in [2.75, 3.05) is 44.2 Å². The second-order valence-electron chi connectivity index (χ2n) is 9.14. The van der Waals surface area contributed by atoms with E-state index in [9.17, 15) is 13.2 Å². The van der Waals surface area contributed by atoms with Crippen LogP contribution in [0, 0.1) is 0 Å². The van der Waals surface area contributed by atoms with E-state index in [-0.39, 0.29) is 29.6 Å². The average Bonchev–Trinajstić information content (AvgIpc) is 3.39. The summed E-state index contributed by atoms with van der Waals surface area (Å²) in [6, 6.07) is 17.6. The Morgan fingerprint density at radius 1 is 0.973 bits per heavy atom. The first kappa shape index (κ1) is 25.5. The zero-order chi connectivity index (χ0) is 26.0. The van der Waals surface area contributed by atoms with Gasteiger partial charge in [0.25, 0.3) is 15.9 Å². The van der Waals surface area contributed by atoms with E-state index in [0.29, 0.717) is 44.2 Å². The van der Waals surface area contributed by atoms with Gasteiger partial charge in [0.1, 0.15) is 0 Å². The molecule has 1 amide bonds. The van der Waals surface area contributed by atoms with E-state index < -0.39 is 10.0 Å². The summed E-state index contributed by atoms with van der Waals surface area (Å²) in [5.41, 5.74) is 3.36. The number of hydrogen-bond donors (Lipinski definition) is 0. The molecule has 0 unspecified atom stereocenters. The third-order valence-electron chi connectivity index (χ3n) is 6.94. The predicted molar refractivity (Wildman–Crippen MR) is 145 cm³/mol. The summed E-state index contributed by atoms with van der Waals surface area (Å²) in [4.78, 5) is 17.3. The second kappa shape index (κ2) is 10.7. The number of anilines is 1. The summed E-state index contributed by atoms with van der Waals surface area (Å²) in [5, 5.41) is 4.81. The minimum Gasteiger partial charge on any atom is -0.368 e. The fourth-order valence-corrected chi connectivity index (χ4v) is 6.61. The van der Waals surface area contributed by atoms with Crippen LogP contribution < -0.4 is 4.90 Å². The van der Waals surface area contributed by atoms with Crippen LogP contribution >= 0.6 is 11.6 Å². The molecule has 0 saturated carbocycles. The van der Waals surface area contributed by atoms with Crippen molar-refractivity contribution < 1.29 is 13.2 Å². The maximum absolute atomic E-state index is 13.7. The van der Waals surface area contributed by atoms with Crippen molar-refractivity contribution in [3.63, 3.8) is 0 Å². The number of aromatic nitrogens is 2. The molecule has 10 heteroatoms. The van der Waals surface area contributed by atoms with Gasteiger partial charge in [-0.15, -0.1) is 0 Å². The first-order valence-electron chi connectivity index (χ1n) is 12.5. The highest BCUT2D eigenvalue weighted by Gasteiger charge is 2.36. The Labute approximate surface area is 222 Å². The number of benzene rings is 2. The zero-order valence-electron chi connectivity index (χ0n) is 20.8. The third kappa shape index (κ3) is 5.16. The molecule has 3 aromatic rings. The number of sulfonamides is 1. The van der Waals surface area contributed by atoms with Gasteiger partial charge in [0, 0.05) is 52.0 Å². The smallest absolute Gasteiger partial charge is 0.263 e. The molecule has 0 radical (unpaired) electrons. The first-order valence-corrected chi connectivity index (χ1v) is 14.3. The van der Waals surface area contributed by atoms with E-state index in [1.54, 1.807) is 11.1 Å². The lowest BCUT2D eigenvalue weighted by molar-refractivity contribution is 0.0768. The molecule has 0 bridgehead atoms. The van der Waals surface area contributed by atoms with Crippen LogP contribution in [0.2, 0.25) is 5.02 Å². The van der Waals surface area contributed by atoms with Gasteiger partial charge in [-0.2, -0.15) is 9.40 Å². The molecule has 2 aromatic carbocycles. The van der Waals surface area contributed by atoms with Crippen molar-refractivity contribution in [2.24, 2.45) is 0 Å². The molecule has 0 spiro atoms. The summed E-state index contributed by atoms with van der Waals surface area (Å²) in [5.74, 6) is -0.309. The van der Waals surface area contributed by atoms with Gasteiger partial charge in [-0.1, -0.05) is 60.1 Å². The highest BCUT2D eigenvalue weighted by atomic mass is 35.5. The van der Waals surface area contributed by atoms with Crippen LogP contribution in [0.3, 0.4) is 0 Å². The summed E-state index contributed by atoms with van der Waals surface area (Å²) in [6.07, 6.45) is 4.32. The van der Waals surface area contributed by atoms with E-state index in [1.807, 2.05) is 55.5 Å². The number of halogens is 1. The van der Waals surface area contributed by atoms with Crippen molar-refractivity contribution in [3.8, 4) is 0 Å². The van der Waals surface area contributed by atoms with Gasteiger partial charge in [0.05, 0.1) is 16.3 Å². The maximum atomic E-state index is 13.7. The molecule has 2 aliphatic rings. The number of hydrogen-bond acceptors (Lipinski definition) is 5. The largest absolute Gasteiger partial charge is 0.368 e. The monoisotopic (exact) mass is 539 g/mol. The SMILES string of the molecule is CCn1cc(C(=O)N2CC=C(c3ccccc3)CC2)c(S(=O)(=O)N2CCN(c3ccccc3Cl)CC2)n1. The number of nitrogens with zero attached hydrogens (tertiary/aromatic N) is 5. The minimum atomic E-state index is -3.96. The van der Waals surface area contributed by atoms with E-state index in [4.69, 9.17) is 11.6 Å². The van der Waals surface area contributed by atoms with E-state index in [2.05, 4.69) is 22.1 Å². The van der Waals surface area contributed by atoms with Crippen LogP contribution in [-0.2, 0) is 16.6 Å². The Hall–Kier alpha value is -3.14. The first-order chi connectivity index (χ1) is 17.9. The van der Waals surface area contributed by atoms with Crippen LogP contribution in [0.1, 0.15) is 29.3 Å². The molecule has 37 heavy (non-hydrogen) atoms. The summed E-state index contributed by atoms with van der Waals surface area (Å²) in [6.45, 7) is 4.85. The van der Waals surface area contributed by atoms with Crippen molar-refractivity contribution >= 4 is 38.8 Å². The fraction of sp³-hybridized carbons (Fsp3) is 0.333. The normalized spacial score (nSPS) is 17.1. The molecule has 1 saturated heterocycles. The molecule has 0 N–H and O–H groups in total. The lowest BCUT2D eigenvalue weighted by Crippen LogP contribution is -2.49. The van der Waals surface area contributed by atoms with E-state index in [1.165, 1.54) is 14.6 Å². The van der Waals surface area contributed by atoms with Crippen LogP contribution in [0.4, 0.5) is 5.69 Å².